The molecule has 5 heteroatoms. The fourth-order valence-electron chi connectivity index (χ4n) is 3.92. The molecule has 1 N–H and O–H groups in total. The second-order valence-corrected chi connectivity index (χ2v) is 8.03. The van der Waals surface area contributed by atoms with Crippen molar-refractivity contribution in [3.63, 3.8) is 0 Å². The maximum absolute atomic E-state index is 13.3. The summed E-state index contributed by atoms with van der Waals surface area (Å²) >= 11 is 0. The summed E-state index contributed by atoms with van der Waals surface area (Å²) in [5.41, 5.74) is 0.940. The van der Waals surface area contributed by atoms with Gasteiger partial charge in [0.1, 0.15) is 0 Å². The molecule has 0 saturated heterocycles. The molecular formula is C23H25N3O2. The predicted molar refractivity (Wildman–Crippen MR) is 110 cm³/mol. The van der Waals surface area contributed by atoms with Crippen LogP contribution in [0.5, 0.6) is 0 Å². The van der Waals surface area contributed by atoms with Crippen molar-refractivity contribution in [2.45, 2.75) is 45.2 Å². The number of rotatable bonds is 5. The van der Waals surface area contributed by atoms with Crippen LogP contribution in [-0.4, -0.2) is 15.7 Å². The lowest BCUT2D eigenvalue weighted by Crippen LogP contribution is -2.51. The monoisotopic (exact) mass is 375 g/mol. The Morgan fingerprint density at radius 1 is 1.07 bits per heavy atom. The Kier molecular flexibility index (Phi) is 4.75. The van der Waals surface area contributed by atoms with Gasteiger partial charge in [0.2, 0.25) is 0 Å². The van der Waals surface area contributed by atoms with Crippen molar-refractivity contribution < 1.29 is 4.79 Å². The molecule has 1 aliphatic rings. The van der Waals surface area contributed by atoms with Gasteiger partial charge in [-0.1, -0.05) is 62.4 Å². The number of hydrogen-bond acceptors (Lipinski definition) is 3. The van der Waals surface area contributed by atoms with Crippen LogP contribution in [-0.2, 0) is 12.1 Å². The van der Waals surface area contributed by atoms with E-state index in [-0.39, 0.29) is 22.9 Å². The molecule has 5 nitrogen and oxygen atoms in total. The summed E-state index contributed by atoms with van der Waals surface area (Å²) in [6.07, 6.45) is 2.90. The smallest absolute Gasteiger partial charge is 0.274 e. The Balaban J connectivity index is 1.77. The molecule has 0 bridgehead atoms. The van der Waals surface area contributed by atoms with E-state index in [1.807, 2.05) is 44.2 Å². The predicted octanol–water partition coefficient (Wildman–Crippen LogP) is 3.86. The summed E-state index contributed by atoms with van der Waals surface area (Å²) < 4.78 is 1.43. The lowest BCUT2D eigenvalue weighted by Gasteiger charge is -2.43. The van der Waals surface area contributed by atoms with Crippen molar-refractivity contribution in [3.8, 4) is 0 Å². The number of nitrogens with zero attached hydrogens (tertiary/aromatic N) is 2. The first-order valence-electron chi connectivity index (χ1n) is 9.88. The molecule has 144 valence electrons. The van der Waals surface area contributed by atoms with Gasteiger partial charge >= 0.3 is 0 Å². The van der Waals surface area contributed by atoms with Gasteiger partial charge in [0.25, 0.3) is 11.5 Å². The summed E-state index contributed by atoms with van der Waals surface area (Å²) in [5, 5.41) is 8.84. The Hall–Kier alpha value is -2.95. The van der Waals surface area contributed by atoms with E-state index >= 15 is 0 Å². The summed E-state index contributed by atoms with van der Waals surface area (Å²) in [4.78, 5) is 26.1. The zero-order valence-corrected chi connectivity index (χ0v) is 16.3. The van der Waals surface area contributed by atoms with Gasteiger partial charge in [0.05, 0.1) is 10.9 Å². The topological polar surface area (TPSA) is 64.0 Å². The number of carbonyl (C=O) groups excluding carboxylic acids is 1. The molecule has 0 spiro atoms. The highest BCUT2D eigenvalue weighted by atomic mass is 16.2. The quantitative estimate of drug-likeness (QED) is 0.736. The number of aromatic nitrogens is 2. The Morgan fingerprint density at radius 3 is 2.32 bits per heavy atom. The SMILES string of the molecule is CC(C)Cn1nc(C(=O)NC2(c3ccccc3)CCC2)c2ccccc2c1=O. The van der Waals surface area contributed by atoms with E-state index in [0.717, 1.165) is 24.8 Å². The van der Waals surface area contributed by atoms with Crippen LogP contribution in [0.2, 0.25) is 0 Å². The van der Waals surface area contributed by atoms with Crippen LogP contribution >= 0.6 is 0 Å². The number of fused-ring (bicyclic) bond motifs is 1. The van der Waals surface area contributed by atoms with Crippen molar-refractivity contribution in [2.75, 3.05) is 0 Å². The molecule has 4 rings (SSSR count). The fourth-order valence-corrected chi connectivity index (χ4v) is 3.92. The normalized spacial score (nSPS) is 15.4. The molecule has 0 radical (unpaired) electrons. The van der Waals surface area contributed by atoms with Gasteiger partial charge in [0.15, 0.2) is 5.69 Å². The van der Waals surface area contributed by atoms with E-state index in [1.165, 1.54) is 4.68 Å². The van der Waals surface area contributed by atoms with E-state index < -0.39 is 0 Å². The van der Waals surface area contributed by atoms with E-state index in [0.29, 0.717) is 23.0 Å². The molecule has 1 aromatic heterocycles. The van der Waals surface area contributed by atoms with E-state index in [4.69, 9.17) is 0 Å². The first-order valence-corrected chi connectivity index (χ1v) is 9.88. The maximum Gasteiger partial charge on any atom is 0.274 e. The molecule has 1 aliphatic carbocycles. The van der Waals surface area contributed by atoms with Crippen LogP contribution < -0.4 is 10.9 Å². The second kappa shape index (κ2) is 7.23. The molecule has 3 aromatic rings. The summed E-state index contributed by atoms with van der Waals surface area (Å²) in [6, 6.07) is 17.3. The van der Waals surface area contributed by atoms with Crippen LogP contribution in [0.25, 0.3) is 10.8 Å². The van der Waals surface area contributed by atoms with E-state index in [2.05, 4.69) is 22.5 Å². The molecule has 1 amide bonds. The van der Waals surface area contributed by atoms with Gasteiger partial charge in [-0.15, -0.1) is 0 Å². The van der Waals surface area contributed by atoms with Crippen LogP contribution in [0.3, 0.4) is 0 Å². The molecule has 0 atom stereocenters. The standard InChI is InChI=1S/C23H25N3O2/c1-16(2)15-26-22(28)19-12-7-6-11-18(19)20(25-26)21(27)24-23(13-8-14-23)17-9-4-3-5-10-17/h3-7,9-12,16H,8,13-15H2,1-2H3,(H,24,27). The van der Waals surface area contributed by atoms with Gasteiger partial charge < -0.3 is 5.32 Å². The highest BCUT2D eigenvalue weighted by molar-refractivity contribution is 6.05. The van der Waals surface area contributed by atoms with Crippen LogP contribution in [0, 0.1) is 5.92 Å². The van der Waals surface area contributed by atoms with Gasteiger partial charge in [-0.2, -0.15) is 5.10 Å². The molecule has 1 saturated carbocycles. The minimum absolute atomic E-state index is 0.151. The second-order valence-electron chi connectivity index (χ2n) is 8.03. The van der Waals surface area contributed by atoms with Crippen LogP contribution in [0.15, 0.2) is 59.4 Å². The van der Waals surface area contributed by atoms with E-state index in [1.54, 1.807) is 12.1 Å². The minimum Gasteiger partial charge on any atom is -0.341 e. The van der Waals surface area contributed by atoms with Gasteiger partial charge in [-0.25, -0.2) is 4.68 Å². The number of nitrogens with one attached hydrogen (secondary N) is 1. The summed E-state index contributed by atoms with van der Waals surface area (Å²) in [6.45, 7) is 4.54. The lowest BCUT2D eigenvalue weighted by molar-refractivity contribution is 0.0817. The third-order valence-electron chi connectivity index (χ3n) is 5.51. The number of carbonyl (C=O) groups is 1. The van der Waals surface area contributed by atoms with Crippen molar-refractivity contribution in [1.29, 1.82) is 0 Å². The number of amides is 1. The van der Waals surface area contributed by atoms with Crippen LogP contribution in [0.4, 0.5) is 0 Å². The Bertz CT molecular complexity index is 1070. The lowest BCUT2D eigenvalue weighted by atomic mass is 9.71. The first kappa shape index (κ1) is 18.4. The zero-order chi connectivity index (χ0) is 19.7. The maximum atomic E-state index is 13.3. The molecular weight excluding hydrogens is 350 g/mol. The molecule has 0 aliphatic heterocycles. The van der Waals surface area contributed by atoms with E-state index in [9.17, 15) is 9.59 Å². The first-order chi connectivity index (χ1) is 13.5. The molecule has 1 fully saturated rings. The van der Waals surface area contributed by atoms with Gasteiger partial charge in [0, 0.05) is 11.9 Å². The summed E-state index contributed by atoms with van der Waals surface area (Å²) in [5.74, 6) is 0.0295. The molecule has 2 aromatic carbocycles. The third-order valence-corrected chi connectivity index (χ3v) is 5.51. The number of benzene rings is 2. The van der Waals surface area contributed by atoms with Crippen molar-refractivity contribution >= 4 is 16.7 Å². The fraction of sp³-hybridized carbons (Fsp3) is 0.348. The van der Waals surface area contributed by atoms with Crippen molar-refractivity contribution in [3.05, 3.63) is 76.2 Å². The molecule has 0 unspecified atom stereocenters. The van der Waals surface area contributed by atoms with Crippen molar-refractivity contribution in [2.24, 2.45) is 5.92 Å². The van der Waals surface area contributed by atoms with Gasteiger partial charge in [-0.3, -0.25) is 9.59 Å². The largest absolute Gasteiger partial charge is 0.341 e. The Labute approximate surface area is 164 Å². The zero-order valence-electron chi connectivity index (χ0n) is 16.3. The minimum atomic E-state index is -0.347. The van der Waals surface area contributed by atoms with Gasteiger partial charge in [-0.05, 0) is 36.8 Å². The third kappa shape index (κ3) is 3.21. The molecule has 28 heavy (non-hydrogen) atoms. The summed E-state index contributed by atoms with van der Waals surface area (Å²) in [7, 11) is 0. The van der Waals surface area contributed by atoms with Crippen molar-refractivity contribution in [1.82, 2.24) is 15.1 Å². The number of hydrogen-bond donors (Lipinski definition) is 1. The van der Waals surface area contributed by atoms with Crippen LogP contribution in [0.1, 0.15) is 49.2 Å². The average Bonchev–Trinajstić information content (AvgIpc) is 2.67. The molecule has 1 heterocycles. The highest BCUT2D eigenvalue weighted by Crippen LogP contribution is 2.41. The average molecular weight is 375 g/mol. The highest BCUT2D eigenvalue weighted by Gasteiger charge is 2.40. The Morgan fingerprint density at radius 2 is 1.71 bits per heavy atom.